The summed E-state index contributed by atoms with van der Waals surface area (Å²) in [4.78, 5) is 7.98. The molecule has 0 radical (unpaired) electrons. The van der Waals surface area contributed by atoms with Gasteiger partial charge in [0.25, 0.3) is 6.71 Å². The van der Waals surface area contributed by atoms with Gasteiger partial charge < -0.3 is 14.7 Å². The molecule has 0 spiro atoms. The van der Waals surface area contributed by atoms with Crippen LogP contribution >= 0.6 is 11.3 Å². The van der Waals surface area contributed by atoms with E-state index >= 15 is 0 Å². The first-order valence-electron chi connectivity index (χ1n) is 25.7. The number of rotatable bonds is 4. The van der Waals surface area contributed by atoms with Gasteiger partial charge in [-0.1, -0.05) is 146 Å². The van der Waals surface area contributed by atoms with Crippen LogP contribution in [0.1, 0.15) is 103 Å². The van der Waals surface area contributed by atoms with Crippen molar-refractivity contribution < 1.29 is 0 Å². The molecule has 4 heterocycles. The molecule has 1 saturated carbocycles. The van der Waals surface area contributed by atoms with Gasteiger partial charge in [0, 0.05) is 71.1 Å². The average Bonchev–Trinajstić information content (AvgIpc) is 3.82. The van der Waals surface area contributed by atoms with E-state index in [4.69, 9.17) is 0 Å². The monoisotopic (exact) mass is 927 g/mol. The maximum Gasteiger partial charge on any atom is 0.252 e. The Morgan fingerprint density at radius 1 is 0.486 bits per heavy atom. The van der Waals surface area contributed by atoms with E-state index in [9.17, 15) is 0 Å². The summed E-state index contributed by atoms with van der Waals surface area (Å²) in [5.74, 6) is 0. The third kappa shape index (κ3) is 6.32. The van der Waals surface area contributed by atoms with Gasteiger partial charge in [0.1, 0.15) is 0 Å². The SMILES string of the molecule is Cc1cc2c3c(c1)N(c1ccc(C(C)(C)C)cc1)c1cc(N4c5ccc(-c6ccccc6)cc5C5(C)CCCCC45C)ccc1B3c1cc(C(C)(C)C)ccc1N2c1ccc2sc3ccccc3c2c1. The fraction of sp³-hybridized carbons (Fsp3) is 0.262. The van der Waals surface area contributed by atoms with Crippen LogP contribution in [-0.2, 0) is 16.2 Å². The molecule has 0 bridgehead atoms. The zero-order valence-electron chi connectivity index (χ0n) is 42.2. The second-order valence-corrected chi connectivity index (χ2v) is 24.5. The molecule has 5 heteroatoms. The van der Waals surface area contributed by atoms with Crippen LogP contribution in [-0.4, -0.2) is 12.3 Å². The number of benzene rings is 8. The molecule has 1 fully saturated rings. The molecule has 0 saturated heterocycles. The number of fused-ring (bicyclic) bond motifs is 10. The highest BCUT2D eigenvalue weighted by Gasteiger charge is 2.58. The first-order chi connectivity index (χ1) is 33.6. The lowest BCUT2D eigenvalue weighted by Gasteiger charge is -2.50. The molecule has 9 aromatic rings. The van der Waals surface area contributed by atoms with Crippen molar-refractivity contribution in [1.29, 1.82) is 0 Å². The van der Waals surface area contributed by atoms with E-state index in [1.807, 2.05) is 11.3 Å². The lowest BCUT2D eigenvalue weighted by atomic mass is 9.33. The van der Waals surface area contributed by atoms with Crippen LogP contribution in [0, 0.1) is 6.92 Å². The summed E-state index contributed by atoms with van der Waals surface area (Å²) >= 11 is 1.89. The number of aryl methyl sites for hydroxylation is 1. The van der Waals surface area contributed by atoms with Crippen LogP contribution in [0.5, 0.6) is 0 Å². The number of hydrogen-bond donors (Lipinski definition) is 0. The topological polar surface area (TPSA) is 9.72 Å². The second kappa shape index (κ2) is 15.2. The fourth-order valence-corrected chi connectivity index (χ4v) is 14.3. The molecule has 1 aromatic heterocycles. The van der Waals surface area contributed by atoms with Crippen LogP contribution in [0.2, 0.25) is 0 Å². The maximum atomic E-state index is 2.77. The first-order valence-corrected chi connectivity index (χ1v) is 26.5. The average molecular weight is 928 g/mol. The summed E-state index contributed by atoms with van der Waals surface area (Å²) in [6.07, 6.45) is 4.81. The number of anilines is 8. The lowest BCUT2D eigenvalue weighted by Crippen LogP contribution is -2.61. The molecule has 0 N–H and O–H groups in total. The van der Waals surface area contributed by atoms with Crippen LogP contribution < -0.4 is 31.1 Å². The Hall–Kier alpha value is -6.56. The fourth-order valence-electron chi connectivity index (χ4n) is 13.2. The van der Waals surface area contributed by atoms with Crippen molar-refractivity contribution in [3.8, 4) is 11.1 Å². The van der Waals surface area contributed by atoms with E-state index < -0.39 is 0 Å². The van der Waals surface area contributed by atoms with Crippen LogP contribution in [0.4, 0.5) is 45.5 Å². The molecule has 346 valence electrons. The van der Waals surface area contributed by atoms with Crippen LogP contribution in [0.15, 0.2) is 164 Å². The predicted molar refractivity (Wildman–Crippen MR) is 304 cm³/mol. The van der Waals surface area contributed by atoms with Crippen molar-refractivity contribution in [1.82, 2.24) is 0 Å². The quantitative estimate of drug-likeness (QED) is 0.163. The highest BCUT2D eigenvalue weighted by molar-refractivity contribution is 7.25. The summed E-state index contributed by atoms with van der Waals surface area (Å²) in [7, 11) is 0. The Labute approximate surface area is 419 Å². The molecular weight excluding hydrogens is 866 g/mol. The molecule has 2 atom stereocenters. The summed E-state index contributed by atoms with van der Waals surface area (Å²) in [6.45, 7) is 21.5. The molecule has 4 aliphatic rings. The van der Waals surface area contributed by atoms with E-state index in [0.717, 1.165) is 6.42 Å². The molecular formula is C65H62BN3S. The van der Waals surface area contributed by atoms with Crippen molar-refractivity contribution in [2.75, 3.05) is 14.7 Å². The minimum atomic E-state index is -0.0962. The van der Waals surface area contributed by atoms with E-state index in [1.165, 1.54) is 135 Å². The molecule has 8 aromatic carbocycles. The molecule has 3 nitrogen and oxygen atoms in total. The molecule has 0 amide bonds. The molecule has 2 unspecified atom stereocenters. The Balaban J connectivity index is 1.06. The van der Waals surface area contributed by atoms with E-state index in [0.29, 0.717) is 0 Å². The van der Waals surface area contributed by atoms with Gasteiger partial charge in [0.15, 0.2) is 0 Å². The van der Waals surface area contributed by atoms with E-state index in [2.05, 4.69) is 241 Å². The summed E-state index contributed by atoms with van der Waals surface area (Å²) < 4.78 is 2.65. The minimum absolute atomic E-state index is 0.00415. The summed E-state index contributed by atoms with van der Waals surface area (Å²) in [5, 5.41) is 2.64. The third-order valence-corrected chi connectivity index (χ3v) is 18.3. The van der Waals surface area contributed by atoms with Crippen LogP contribution in [0.25, 0.3) is 31.3 Å². The molecule has 1 aliphatic carbocycles. The highest BCUT2D eigenvalue weighted by atomic mass is 32.1. The van der Waals surface area contributed by atoms with Gasteiger partial charge in [0.2, 0.25) is 0 Å². The normalized spacial score (nSPS) is 19.3. The number of thiophene rings is 1. The Kier molecular flexibility index (Phi) is 9.45. The van der Waals surface area contributed by atoms with Gasteiger partial charge in [-0.05, 0) is 166 Å². The van der Waals surface area contributed by atoms with Crippen molar-refractivity contribution in [2.24, 2.45) is 0 Å². The largest absolute Gasteiger partial charge is 0.334 e. The zero-order valence-corrected chi connectivity index (χ0v) is 43.1. The van der Waals surface area contributed by atoms with E-state index in [1.54, 1.807) is 0 Å². The van der Waals surface area contributed by atoms with E-state index in [-0.39, 0.29) is 28.5 Å². The number of nitrogens with zero attached hydrogens (tertiary/aromatic N) is 3. The first kappa shape index (κ1) is 43.5. The van der Waals surface area contributed by atoms with Crippen molar-refractivity contribution in [2.45, 2.75) is 110 Å². The predicted octanol–water partition coefficient (Wildman–Crippen LogP) is 16.4. The Morgan fingerprint density at radius 2 is 1.13 bits per heavy atom. The summed E-state index contributed by atoms with van der Waals surface area (Å²) in [6, 6.07) is 63.7. The Bertz CT molecular complexity index is 3590. The van der Waals surface area contributed by atoms with Gasteiger partial charge in [0.05, 0.1) is 5.54 Å². The molecule has 70 heavy (non-hydrogen) atoms. The standard InChI is InChI=1S/C65H62BN3S/c1-41-35-57-61-58(36-41)68(47-28-32-60-50(39-47)49-19-13-14-20-59(49)70-60)55-31-24-45(63(5,6)7)38-53(55)66(61)52-29-27-48(40-56(52)67(57)46-25-22-44(23-26-46)62(2,3)4)69-54-30-21-43(42-17-11-10-12-18-42)37-51(54)64(8)33-15-16-34-65(64,69)9/h10-14,17-32,35-40H,15-16,33-34H2,1-9H3. The van der Waals surface area contributed by atoms with Gasteiger partial charge in [-0.15, -0.1) is 11.3 Å². The van der Waals surface area contributed by atoms with Crippen LogP contribution in [0.3, 0.4) is 0 Å². The third-order valence-electron chi connectivity index (χ3n) is 17.1. The van der Waals surface area contributed by atoms with Gasteiger partial charge in [-0.3, -0.25) is 0 Å². The second-order valence-electron chi connectivity index (χ2n) is 23.4. The Morgan fingerprint density at radius 3 is 1.89 bits per heavy atom. The summed E-state index contributed by atoms with van der Waals surface area (Å²) in [5.41, 5.74) is 22.0. The van der Waals surface area contributed by atoms with Crippen molar-refractivity contribution in [3.05, 3.63) is 186 Å². The van der Waals surface area contributed by atoms with Crippen molar-refractivity contribution >= 4 is 100 Å². The minimum Gasteiger partial charge on any atom is -0.334 e. The van der Waals surface area contributed by atoms with Crippen molar-refractivity contribution in [3.63, 3.8) is 0 Å². The van der Waals surface area contributed by atoms with Gasteiger partial charge >= 0.3 is 0 Å². The zero-order chi connectivity index (χ0) is 48.1. The molecule has 13 rings (SSSR count). The van der Waals surface area contributed by atoms with Gasteiger partial charge in [-0.2, -0.15) is 0 Å². The molecule has 3 aliphatic heterocycles. The lowest BCUT2D eigenvalue weighted by molar-refractivity contribution is 0.195. The smallest absolute Gasteiger partial charge is 0.252 e. The maximum absolute atomic E-state index is 2.77. The highest BCUT2D eigenvalue weighted by Crippen LogP contribution is 2.62. The number of hydrogen-bond acceptors (Lipinski definition) is 4. The van der Waals surface area contributed by atoms with Gasteiger partial charge in [-0.25, -0.2) is 0 Å².